The zero-order valence-electron chi connectivity index (χ0n) is 7.09. The highest BCUT2D eigenvalue weighted by Gasteiger charge is 2.12. The molecule has 0 saturated carbocycles. The lowest BCUT2D eigenvalue weighted by molar-refractivity contribution is 0.447. The van der Waals surface area contributed by atoms with Crippen molar-refractivity contribution in [1.82, 2.24) is 5.32 Å². The van der Waals surface area contributed by atoms with E-state index >= 15 is 0 Å². The molecule has 0 aliphatic rings. The molecule has 0 aromatic rings. The second-order valence-electron chi connectivity index (χ2n) is 2.58. The molecule has 2 unspecified atom stereocenters. The first-order valence-electron chi connectivity index (χ1n) is 3.82. The largest absolute Gasteiger partial charge is 0.291 e. The van der Waals surface area contributed by atoms with Gasteiger partial charge in [-0.15, -0.1) is 6.42 Å². The lowest BCUT2D eigenvalue weighted by atomic mass is 10.0. The van der Waals surface area contributed by atoms with Crippen LogP contribution in [-0.2, 0) is 0 Å². The first-order valence-corrected chi connectivity index (χ1v) is 3.82. The van der Waals surface area contributed by atoms with E-state index in [1.54, 1.807) is 0 Å². The fourth-order valence-corrected chi connectivity index (χ4v) is 0.779. The van der Waals surface area contributed by atoms with Crippen LogP contribution >= 0.6 is 0 Å². The van der Waals surface area contributed by atoms with E-state index < -0.39 is 0 Å². The number of hydrogen-bond donors (Lipinski definition) is 1. The summed E-state index contributed by atoms with van der Waals surface area (Å²) in [6.07, 6.45) is 6.05. The molecule has 0 heterocycles. The van der Waals surface area contributed by atoms with E-state index in [0.29, 0.717) is 12.5 Å². The lowest BCUT2D eigenvalue weighted by Crippen LogP contribution is -2.33. The van der Waals surface area contributed by atoms with E-state index in [9.17, 15) is 0 Å². The third-order valence-corrected chi connectivity index (χ3v) is 1.78. The molecule has 0 aromatic heterocycles. The summed E-state index contributed by atoms with van der Waals surface area (Å²) in [7, 11) is 0. The first kappa shape index (κ1) is 10.0. The fourth-order valence-electron chi connectivity index (χ4n) is 0.779. The van der Waals surface area contributed by atoms with E-state index in [0.717, 1.165) is 6.42 Å². The van der Waals surface area contributed by atoms with Crippen LogP contribution in [0.25, 0.3) is 0 Å². The highest BCUT2D eigenvalue weighted by Crippen LogP contribution is 2.05. The van der Waals surface area contributed by atoms with Crippen molar-refractivity contribution in [1.29, 1.82) is 5.26 Å². The van der Waals surface area contributed by atoms with Gasteiger partial charge in [-0.25, -0.2) is 0 Å². The average molecular weight is 150 g/mol. The Morgan fingerprint density at radius 3 is 2.64 bits per heavy atom. The zero-order valence-corrected chi connectivity index (χ0v) is 7.09. The molecule has 0 aliphatic heterocycles. The SMILES string of the molecule is C#CCNC(C#N)C(C)CC. The van der Waals surface area contributed by atoms with Crippen molar-refractivity contribution in [3.05, 3.63) is 0 Å². The van der Waals surface area contributed by atoms with Crippen molar-refractivity contribution in [3.8, 4) is 18.4 Å². The summed E-state index contributed by atoms with van der Waals surface area (Å²) in [5.41, 5.74) is 0. The number of hydrogen-bond acceptors (Lipinski definition) is 2. The Hall–Kier alpha value is -0.990. The van der Waals surface area contributed by atoms with Crippen molar-refractivity contribution in [3.63, 3.8) is 0 Å². The van der Waals surface area contributed by atoms with Gasteiger partial charge >= 0.3 is 0 Å². The summed E-state index contributed by atoms with van der Waals surface area (Å²) in [6.45, 7) is 4.58. The highest BCUT2D eigenvalue weighted by atomic mass is 14.9. The molecule has 0 aromatic carbocycles. The average Bonchev–Trinajstić information content (AvgIpc) is 2.05. The molecule has 0 saturated heterocycles. The molecule has 0 aliphatic carbocycles. The van der Waals surface area contributed by atoms with E-state index in [4.69, 9.17) is 11.7 Å². The van der Waals surface area contributed by atoms with E-state index in [2.05, 4.69) is 24.2 Å². The monoisotopic (exact) mass is 150 g/mol. The van der Waals surface area contributed by atoms with Gasteiger partial charge in [0.25, 0.3) is 0 Å². The van der Waals surface area contributed by atoms with Crippen LogP contribution in [0.3, 0.4) is 0 Å². The predicted octanol–water partition coefficient (Wildman–Crippen LogP) is 1.15. The fraction of sp³-hybridized carbons (Fsp3) is 0.667. The van der Waals surface area contributed by atoms with E-state index in [-0.39, 0.29) is 6.04 Å². The number of terminal acetylenes is 1. The van der Waals surface area contributed by atoms with Crippen molar-refractivity contribution in [2.24, 2.45) is 5.92 Å². The second-order valence-corrected chi connectivity index (χ2v) is 2.58. The Bertz CT molecular complexity index is 173. The molecule has 0 radical (unpaired) electrons. The van der Waals surface area contributed by atoms with Crippen LogP contribution in [0.5, 0.6) is 0 Å². The Morgan fingerprint density at radius 1 is 1.64 bits per heavy atom. The van der Waals surface area contributed by atoms with Gasteiger partial charge in [0.2, 0.25) is 0 Å². The van der Waals surface area contributed by atoms with Gasteiger partial charge in [0.05, 0.1) is 18.7 Å². The van der Waals surface area contributed by atoms with Gasteiger partial charge in [0.1, 0.15) is 0 Å². The molecule has 0 bridgehead atoms. The lowest BCUT2D eigenvalue weighted by Gasteiger charge is -2.15. The maximum absolute atomic E-state index is 8.67. The van der Waals surface area contributed by atoms with Crippen LogP contribution < -0.4 is 5.32 Å². The van der Waals surface area contributed by atoms with Crippen LogP contribution in [0.1, 0.15) is 20.3 Å². The number of nitrogens with zero attached hydrogens (tertiary/aromatic N) is 1. The highest BCUT2D eigenvalue weighted by molar-refractivity contribution is 4.97. The van der Waals surface area contributed by atoms with E-state index in [1.807, 2.05) is 6.92 Å². The smallest absolute Gasteiger partial charge is 0.0986 e. The van der Waals surface area contributed by atoms with Gasteiger partial charge in [-0.1, -0.05) is 26.2 Å². The molecule has 0 amide bonds. The normalized spacial score (nSPS) is 14.5. The van der Waals surface area contributed by atoms with Gasteiger partial charge in [-0.2, -0.15) is 5.26 Å². The molecule has 1 N–H and O–H groups in total. The standard InChI is InChI=1S/C9H14N2/c1-4-6-11-9(7-10)8(3)5-2/h1,8-9,11H,5-6H2,2-3H3. The Balaban J connectivity index is 3.79. The van der Waals surface area contributed by atoms with E-state index in [1.165, 1.54) is 0 Å². The number of nitriles is 1. The molecular formula is C9H14N2. The van der Waals surface area contributed by atoms with Gasteiger partial charge in [0.15, 0.2) is 0 Å². The summed E-state index contributed by atoms with van der Waals surface area (Å²) in [5, 5.41) is 11.6. The first-order chi connectivity index (χ1) is 5.26. The summed E-state index contributed by atoms with van der Waals surface area (Å²) in [5.74, 6) is 2.82. The third kappa shape index (κ3) is 3.65. The molecule has 0 fully saturated rings. The van der Waals surface area contributed by atoms with Crippen LogP contribution in [0, 0.1) is 29.6 Å². The quantitative estimate of drug-likeness (QED) is 0.610. The minimum atomic E-state index is -0.101. The molecule has 0 spiro atoms. The van der Waals surface area contributed by atoms with Crippen molar-refractivity contribution in [2.45, 2.75) is 26.3 Å². The molecule has 60 valence electrons. The van der Waals surface area contributed by atoms with Gasteiger partial charge in [-0.3, -0.25) is 5.32 Å². The number of nitrogens with one attached hydrogen (secondary N) is 1. The maximum Gasteiger partial charge on any atom is 0.0986 e. The van der Waals surface area contributed by atoms with Crippen LogP contribution in [-0.4, -0.2) is 12.6 Å². The Labute approximate surface area is 68.6 Å². The second kappa shape index (κ2) is 5.77. The maximum atomic E-state index is 8.67. The van der Waals surface area contributed by atoms with Crippen LogP contribution in [0.15, 0.2) is 0 Å². The van der Waals surface area contributed by atoms with Crippen LogP contribution in [0.4, 0.5) is 0 Å². The molecule has 2 heteroatoms. The topological polar surface area (TPSA) is 35.8 Å². The predicted molar refractivity (Wildman–Crippen MR) is 45.7 cm³/mol. The summed E-state index contributed by atoms with van der Waals surface area (Å²) >= 11 is 0. The van der Waals surface area contributed by atoms with Crippen molar-refractivity contribution >= 4 is 0 Å². The molecule has 0 rings (SSSR count). The summed E-state index contributed by atoms with van der Waals surface area (Å²) in [6, 6.07) is 2.08. The van der Waals surface area contributed by atoms with Crippen molar-refractivity contribution in [2.75, 3.05) is 6.54 Å². The van der Waals surface area contributed by atoms with Gasteiger partial charge < -0.3 is 0 Å². The molecular weight excluding hydrogens is 136 g/mol. The van der Waals surface area contributed by atoms with Crippen LogP contribution in [0.2, 0.25) is 0 Å². The number of rotatable bonds is 4. The zero-order chi connectivity index (χ0) is 8.69. The van der Waals surface area contributed by atoms with Gasteiger partial charge in [-0.05, 0) is 5.92 Å². The summed E-state index contributed by atoms with van der Waals surface area (Å²) < 4.78 is 0. The molecule has 11 heavy (non-hydrogen) atoms. The molecule has 2 nitrogen and oxygen atoms in total. The minimum absolute atomic E-state index is 0.101. The Kier molecular flexibility index (Phi) is 5.25. The minimum Gasteiger partial charge on any atom is -0.291 e. The van der Waals surface area contributed by atoms with Crippen molar-refractivity contribution < 1.29 is 0 Å². The Morgan fingerprint density at radius 2 is 2.27 bits per heavy atom. The third-order valence-electron chi connectivity index (χ3n) is 1.78. The molecule has 2 atom stereocenters. The summed E-state index contributed by atoms with van der Waals surface area (Å²) in [4.78, 5) is 0. The van der Waals surface area contributed by atoms with Gasteiger partial charge in [0, 0.05) is 0 Å².